The Hall–Kier alpha value is -2.52. The first-order valence-corrected chi connectivity index (χ1v) is 9.34. The minimum atomic E-state index is -0.415. The quantitative estimate of drug-likeness (QED) is 0.464. The van der Waals surface area contributed by atoms with Crippen LogP contribution in [-0.4, -0.2) is 39.4 Å². The highest BCUT2D eigenvalue weighted by Gasteiger charge is 2.19. The van der Waals surface area contributed by atoms with E-state index in [2.05, 4.69) is 25.3 Å². The van der Waals surface area contributed by atoms with Crippen LogP contribution >= 0.6 is 11.3 Å². The number of Topliss-reactive ketones (excluding diaryl/α,β-unsaturated/α-hetero) is 1. The summed E-state index contributed by atoms with van der Waals surface area (Å²) in [7, 11) is 1.60. The monoisotopic (exact) mass is 389 g/mol. The fourth-order valence-electron chi connectivity index (χ4n) is 2.62. The van der Waals surface area contributed by atoms with Crippen molar-refractivity contribution in [2.45, 2.75) is 32.7 Å². The molecule has 7 nitrogen and oxygen atoms in total. The molecule has 0 bridgehead atoms. The van der Waals surface area contributed by atoms with E-state index in [0.717, 1.165) is 11.2 Å². The number of carbonyl (C=O) groups is 1. The van der Waals surface area contributed by atoms with Crippen molar-refractivity contribution in [2.24, 2.45) is 0 Å². The van der Waals surface area contributed by atoms with Crippen molar-refractivity contribution in [3.63, 3.8) is 0 Å². The molecule has 0 saturated carbocycles. The molecule has 142 valence electrons. The Labute approximate surface area is 160 Å². The molecule has 3 aromatic heterocycles. The maximum absolute atomic E-state index is 13.4. The van der Waals surface area contributed by atoms with Crippen molar-refractivity contribution in [3.05, 3.63) is 40.5 Å². The van der Waals surface area contributed by atoms with E-state index in [9.17, 15) is 9.18 Å². The van der Waals surface area contributed by atoms with Crippen LogP contribution < -0.4 is 5.32 Å². The lowest BCUT2D eigenvalue weighted by Gasteiger charge is -2.14. The molecule has 27 heavy (non-hydrogen) atoms. The fraction of sp³-hybridized carbons (Fsp3) is 0.389. The second-order valence-corrected chi connectivity index (χ2v) is 7.31. The Morgan fingerprint density at radius 2 is 2.15 bits per heavy atom. The smallest absolute Gasteiger partial charge is 0.225 e. The van der Waals surface area contributed by atoms with Crippen LogP contribution in [0.4, 0.5) is 10.3 Å². The van der Waals surface area contributed by atoms with Gasteiger partial charge in [-0.25, -0.2) is 14.4 Å². The summed E-state index contributed by atoms with van der Waals surface area (Å²) in [6.07, 6.45) is 3.67. The normalized spacial score (nSPS) is 12.3. The maximum atomic E-state index is 13.4. The third-order valence-electron chi connectivity index (χ3n) is 3.95. The summed E-state index contributed by atoms with van der Waals surface area (Å²) in [4.78, 5) is 29.7. The van der Waals surface area contributed by atoms with Crippen molar-refractivity contribution in [1.29, 1.82) is 0 Å². The van der Waals surface area contributed by atoms with E-state index in [1.807, 2.05) is 13.8 Å². The summed E-state index contributed by atoms with van der Waals surface area (Å²) >= 11 is 1.40. The number of ether oxygens (including phenoxy) is 1. The highest BCUT2D eigenvalue weighted by molar-refractivity contribution is 7.18. The minimum Gasteiger partial charge on any atom is -0.385 e. The molecule has 0 aliphatic carbocycles. The van der Waals surface area contributed by atoms with Crippen molar-refractivity contribution in [1.82, 2.24) is 19.9 Å². The van der Waals surface area contributed by atoms with Crippen LogP contribution in [0.1, 0.15) is 46.9 Å². The summed E-state index contributed by atoms with van der Waals surface area (Å²) in [6, 6.07) is 1.11. The van der Waals surface area contributed by atoms with E-state index >= 15 is 0 Å². The third-order valence-corrected chi connectivity index (χ3v) is 4.92. The predicted octanol–water partition coefficient (Wildman–Crippen LogP) is 3.71. The van der Waals surface area contributed by atoms with E-state index in [1.54, 1.807) is 13.3 Å². The summed E-state index contributed by atoms with van der Waals surface area (Å²) in [5, 5.41) is 3.92. The van der Waals surface area contributed by atoms with Gasteiger partial charge in [-0.15, -0.1) is 11.3 Å². The molecule has 0 radical (unpaired) electrons. The van der Waals surface area contributed by atoms with Gasteiger partial charge in [-0.1, -0.05) is 0 Å². The second-order valence-electron chi connectivity index (χ2n) is 6.10. The zero-order valence-corrected chi connectivity index (χ0v) is 16.1. The van der Waals surface area contributed by atoms with Gasteiger partial charge >= 0.3 is 0 Å². The molecule has 0 aliphatic heterocycles. The van der Waals surface area contributed by atoms with E-state index in [-0.39, 0.29) is 17.8 Å². The average molecular weight is 389 g/mol. The molecule has 0 fully saturated rings. The number of nitrogens with one attached hydrogen (secondary N) is 1. The number of aryl methyl sites for hydroxylation is 1. The second kappa shape index (κ2) is 8.45. The zero-order valence-electron chi connectivity index (χ0n) is 15.3. The van der Waals surface area contributed by atoms with Crippen LogP contribution in [0.3, 0.4) is 0 Å². The Kier molecular flexibility index (Phi) is 6.02. The number of rotatable bonds is 8. The first-order chi connectivity index (χ1) is 13.0. The first kappa shape index (κ1) is 19.2. The summed E-state index contributed by atoms with van der Waals surface area (Å²) in [6.45, 7) is 4.21. The Balaban J connectivity index is 1.90. The molecule has 1 N–H and O–H groups in total. The SMILES string of the molecule is COCCCC(=O)c1nc(N[C@@H](C)c2cncc(F)c2)nc2nc(C)sc12. The van der Waals surface area contributed by atoms with Gasteiger partial charge in [-0.05, 0) is 31.9 Å². The van der Waals surface area contributed by atoms with Gasteiger partial charge in [0, 0.05) is 26.3 Å². The van der Waals surface area contributed by atoms with Gasteiger partial charge in [0.05, 0.1) is 17.2 Å². The van der Waals surface area contributed by atoms with E-state index in [1.165, 1.54) is 17.4 Å². The molecule has 0 aliphatic rings. The number of fused-ring (bicyclic) bond motifs is 1. The molecule has 1 atom stereocenters. The first-order valence-electron chi connectivity index (χ1n) is 8.52. The van der Waals surface area contributed by atoms with Crippen molar-refractivity contribution in [2.75, 3.05) is 19.0 Å². The highest BCUT2D eigenvalue weighted by atomic mass is 32.1. The number of pyridine rings is 1. The standard InChI is InChI=1S/C18H20FN5O2S/c1-10(12-7-13(19)9-20-8-12)21-18-23-15(14(25)5-4-6-26-3)16-17(24-18)22-11(2)27-16/h7-10H,4-6H2,1-3H3,(H,21,23,24)/t10-/m0/s1. The molecule has 9 heteroatoms. The number of thiazole rings is 1. The molecule has 0 aromatic carbocycles. The molecular weight excluding hydrogens is 369 g/mol. The number of aromatic nitrogens is 4. The maximum Gasteiger partial charge on any atom is 0.225 e. The van der Waals surface area contributed by atoms with Crippen LogP contribution in [0.2, 0.25) is 0 Å². The van der Waals surface area contributed by atoms with Crippen molar-refractivity contribution < 1.29 is 13.9 Å². The van der Waals surface area contributed by atoms with Gasteiger partial charge in [0.15, 0.2) is 11.4 Å². The Morgan fingerprint density at radius 3 is 2.89 bits per heavy atom. The molecule has 0 unspecified atom stereocenters. The number of methoxy groups -OCH3 is 1. The van der Waals surface area contributed by atoms with Gasteiger partial charge < -0.3 is 10.1 Å². The number of halogens is 1. The van der Waals surface area contributed by atoms with Crippen molar-refractivity contribution >= 4 is 33.4 Å². The molecule has 3 heterocycles. The van der Waals surface area contributed by atoms with Crippen LogP contribution in [-0.2, 0) is 4.74 Å². The number of nitrogens with zero attached hydrogens (tertiary/aromatic N) is 4. The van der Waals surface area contributed by atoms with E-state index in [0.29, 0.717) is 41.1 Å². The lowest BCUT2D eigenvalue weighted by molar-refractivity contribution is 0.0960. The third kappa shape index (κ3) is 4.61. The number of hydrogen-bond donors (Lipinski definition) is 1. The van der Waals surface area contributed by atoms with Crippen LogP contribution in [0, 0.1) is 12.7 Å². The molecular formula is C18H20FN5O2S. The summed E-state index contributed by atoms with van der Waals surface area (Å²) < 4.78 is 19.1. The summed E-state index contributed by atoms with van der Waals surface area (Å²) in [5.41, 5.74) is 1.49. The van der Waals surface area contributed by atoms with E-state index in [4.69, 9.17) is 4.74 Å². The van der Waals surface area contributed by atoms with E-state index < -0.39 is 5.82 Å². The van der Waals surface area contributed by atoms with Crippen molar-refractivity contribution in [3.8, 4) is 0 Å². The molecule has 0 saturated heterocycles. The Bertz CT molecular complexity index is 962. The van der Waals surface area contributed by atoms with Gasteiger partial charge in [0.1, 0.15) is 16.2 Å². The van der Waals surface area contributed by atoms with Gasteiger partial charge in [-0.2, -0.15) is 4.98 Å². The number of ketones is 1. The minimum absolute atomic E-state index is 0.0776. The molecule has 0 amide bonds. The number of carbonyl (C=O) groups excluding carboxylic acids is 1. The van der Waals surface area contributed by atoms with Crippen LogP contribution in [0.5, 0.6) is 0 Å². The topological polar surface area (TPSA) is 89.9 Å². The van der Waals surface area contributed by atoms with Crippen LogP contribution in [0.15, 0.2) is 18.5 Å². The lowest BCUT2D eigenvalue weighted by atomic mass is 10.1. The summed E-state index contributed by atoms with van der Waals surface area (Å²) in [5.74, 6) is -0.215. The zero-order chi connectivity index (χ0) is 19.4. The predicted molar refractivity (Wildman–Crippen MR) is 102 cm³/mol. The molecule has 3 rings (SSSR count). The van der Waals surface area contributed by atoms with Gasteiger partial charge in [-0.3, -0.25) is 9.78 Å². The van der Waals surface area contributed by atoms with Crippen LogP contribution in [0.25, 0.3) is 10.3 Å². The van der Waals surface area contributed by atoms with Gasteiger partial charge in [0.25, 0.3) is 0 Å². The lowest BCUT2D eigenvalue weighted by Crippen LogP contribution is -2.13. The number of hydrogen-bond acceptors (Lipinski definition) is 8. The number of anilines is 1. The highest BCUT2D eigenvalue weighted by Crippen LogP contribution is 2.27. The molecule has 0 spiro atoms. The fourth-order valence-corrected chi connectivity index (χ4v) is 3.49. The largest absolute Gasteiger partial charge is 0.385 e. The Morgan fingerprint density at radius 1 is 1.33 bits per heavy atom. The van der Waals surface area contributed by atoms with Gasteiger partial charge in [0.2, 0.25) is 5.95 Å². The average Bonchev–Trinajstić information content (AvgIpc) is 3.01. The molecule has 3 aromatic rings.